The second-order valence-electron chi connectivity index (χ2n) is 6.77. The summed E-state index contributed by atoms with van der Waals surface area (Å²) < 4.78 is 5.86. The normalized spacial score (nSPS) is 14.9. The van der Waals surface area contributed by atoms with Crippen LogP contribution in [0.25, 0.3) is 22.1 Å². The molecule has 0 atom stereocenters. The number of hydrogen-bond acceptors (Lipinski definition) is 3. The third kappa shape index (κ3) is 3.48. The minimum Gasteiger partial charge on any atom is -1.00 e. The van der Waals surface area contributed by atoms with Crippen LogP contribution in [0.15, 0.2) is 57.9 Å². The molecule has 0 aliphatic carbocycles. The Balaban J connectivity index is 0.00000196. The Morgan fingerprint density at radius 3 is 2.46 bits per heavy atom. The molecule has 1 aliphatic heterocycles. The first-order valence-electron chi connectivity index (χ1n) is 8.89. The van der Waals surface area contributed by atoms with Crippen molar-refractivity contribution in [3.05, 3.63) is 64.5 Å². The van der Waals surface area contributed by atoms with Crippen molar-refractivity contribution >= 4 is 11.0 Å². The van der Waals surface area contributed by atoms with Crippen molar-refractivity contribution in [2.45, 2.75) is 25.8 Å². The maximum Gasteiger partial charge on any atom is 0.200 e. The number of nitrogens with one attached hydrogen (secondary N) is 1. The predicted molar refractivity (Wildman–Crippen MR) is 97.8 cm³/mol. The fraction of sp³-hybridized carbons (Fsp3) is 0.286. The molecule has 5 heteroatoms. The van der Waals surface area contributed by atoms with Crippen molar-refractivity contribution in [3.8, 4) is 16.9 Å². The first-order valence-corrected chi connectivity index (χ1v) is 8.89. The van der Waals surface area contributed by atoms with Crippen LogP contribution in [0.5, 0.6) is 5.75 Å². The second kappa shape index (κ2) is 7.94. The maximum absolute atomic E-state index is 12.9. The number of piperidine rings is 1. The highest BCUT2D eigenvalue weighted by atomic mass is 35.5. The predicted octanol–water partition coefficient (Wildman–Crippen LogP) is -0.262. The molecule has 2 aromatic carbocycles. The molecule has 26 heavy (non-hydrogen) atoms. The van der Waals surface area contributed by atoms with Crippen LogP contribution in [0, 0.1) is 0 Å². The van der Waals surface area contributed by atoms with E-state index in [2.05, 4.69) is 0 Å². The number of aromatic hydroxyl groups is 1. The number of phenolic OH excluding ortho intramolecular Hbond substituents is 1. The summed E-state index contributed by atoms with van der Waals surface area (Å²) in [6.07, 6.45) is 5.22. The zero-order valence-electron chi connectivity index (χ0n) is 14.5. The average molecular weight is 372 g/mol. The van der Waals surface area contributed by atoms with E-state index in [0.717, 1.165) is 24.2 Å². The molecule has 0 saturated carbocycles. The molecule has 4 nitrogen and oxygen atoms in total. The fourth-order valence-electron chi connectivity index (χ4n) is 3.71. The van der Waals surface area contributed by atoms with Gasteiger partial charge >= 0.3 is 0 Å². The summed E-state index contributed by atoms with van der Waals surface area (Å²) in [7, 11) is 0. The number of rotatable bonds is 3. The van der Waals surface area contributed by atoms with E-state index in [1.54, 1.807) is 12.1 Å². The van der Waals surface area contributed by atoms with Crippen LogP contribution < -0.4 is 22.7 Å². The lowest BCUT2D eigenvalue weighted by molar-refractivity contribution is -0.918. The number of likely N-dealkylation sites (tertiary alicyclic amines) is 1. The quantitative estimate of drug-likeness (QED) is 0.667. The molecule has 2 heterocycles. The summed E-state index contributed by atoms with van der Waals surface area (Å²) in [5.74, 6) is 0.209. The highest BCUT2D eigenvalue weighted by Gasteiger charge is 2.20. The Labute approximate surface area is 158 Å². The minimum atomic E-state index is -0.0534. The molecule has 1 aliphatic rings. The molecule has 0 bridgehead atoms. The van der Waals surface area contributed by atoms with Crippen molar-refractivity contribution in [2.75, 3.05) is 13.1 Å². The molecule has 4 rings (SSSR count). The van der Waals surface area contributed by atoms with Gasteiger partial charge in [-0.05, 0) is 37.0 Å². The van der Waals surface area contributed by atoms with E-state index in [-0.39, 0.29) is 23.6 Å². The molecule has 0 spiro atoms. The standard InChI is InChI=1S/C21H21NO3.ClH/c23-19-10-9-16-20(24)18(15-7-3-1-4-8-15)14-25-21(16)17(19)13-22-11-5-2-6-12-22;/h1,3-4,7-10,14,23H,2,5-6,11-13H2;1H. The molecule has 1 saturated heterocycles. The van der Waals surface area contributed by atoms with Gasteiger partial charge in [0, 0.05) is 0 Å². The van der Waals surface area contributed by atoms with Crippen LogP contribution in [0.1, 0.15) is 24.8 Å². The minimum absolute atomic E-state index is 0. The smallest absolute Gasteiger partial charge is 0.200 e. The van der Waals surface area contributed by atoms with Crippen molar-refractivity contribution in [1.29, 1.82) is 0 Å². The Morgan fingerprint density at radius 1 is 1.00 bits per heavy atom. The number of quaternary nitrogens is 1. The fourth-order valence-corrected chi connectivity index (χ4v) is 3.71. The Morgan fingerprint density at radius 2 is 1.73 bits per heavy atom. The van der Waals surface area contributed by atoms with E-state index < -0.39 is 0 Å². The lowest BCUT2D eigenvalue weighted by atomic mass is 10.0. The van der Waals surface area contributed by atoms with E-state index in [4.69, 9.17) is 4.42 Å². The zero-order chi connectivity index (χ0) is 17.2. The van der Waals surface area contributed by atoms with Gasteiger partial charge in [0.25, 0.3) is 0 Å². The van der Waals surface area contributed by atoms with Crippen LogP contribution in [-0.2, 0) is 6.54 Å². The summed E-state index contributed by atoms with van der Waals surface area (Å²) in [4.78, 5) is 14.4. The largest absolute Gasteiger partial charge is 1.00 e. The monoisotopic (exact) mass is 371 g/mol. The van der Waals surface area contributed by atoms with Crippen LogP contribution >= 0.6 is 0 Å². The van der Waals surface area contributed by atoms with E-state index in [9.17, 15) is 9.90 Å². The zero-order valence-corrected chi connectivity index (χ0v) is 15.3. The summed E-state index contributed by atoms with van der Waals surface area (Å²) in [5, 5.41) is 10.9. The number of halogens is 1. The van der Waals surface area contributed by atoms with Crippen molar-refractivity contribution in [3.63, 3.8) is 0 Å². The van der Waals surface area contributed by atoms with Gasteiger partial charge < -0.3 is 26.8 Å². The van der Waals surface area contributed by atoms with Crippen LogP contribution in [-0.4, -0.2) is 18.2 Å². The third-order valence-corrected chi connectivity index (χ3v) is 5.09. The number of phenols is 1. The number of benzene rings is 2. The molecule has 0 radical (unpaired) electrons. The summed E-state index contributed by atoms with van der Waals surface area (Å²) in [5.41, 5.74) is 2.60. The van der Waals surface area contributed by atoms with E-state index >= 15 is 0 Å². The van der Waals surface area contributed by atoms with Gasteiger partial charge in [-0.1, -0.05) is 30.3 Å². The topological polar surface area (TPSA) is 54.9 Å². The Bertz CT molecular complexity index is 947. The summed E-state index contributed by atoms with van der Waals surface area (Å²) in [6.45, 7) is 2.89. The Hall–Kier alpha value is -2.30. The van der Waals surface area contributed by atoms with E-state index in [1.807, 2.05) is 30.3 Å². The number of hydrogen-bond donors (Lipinski definition) is 2. The molecule has 3 aromatic rings. The number of fused-ring (bicyclic) bond motifs is 1. The van der Waals surface area contributed by atoms with Gasteiger partial charge in [0.1, 0.15) is 24.1 Å². The molecule has 0 amide bonds. The Kier molecular flexibility index (Phi) is 5.64. The van der Waals surface area contributed by atoms with Gasteiger partial charge in [-0.25, -0.2) is 0 Å². The molecular formula is C21H22ClNO3. The first kappa shape index (κ1) is 18.5. The lowest BCUT2D eigenvalue weighted by Gasteiger charge is -2.24. The highest BCUT2D eigenvalue weighted by Crippen LogP contribution is 2.27. The average Bonchev–Trinajstić information content (AvgIpc) is 2.66. The van der Waals surface area contributed by atoms with Gasteiger partial charge in [-0.15, -0.1) is 0 Å². The van der Waals surface area contributed by atoms with Crippen LogP contribution in [0.4, 0.5) is 0 Å². The molecule has 136 valence electrons. The third-order valence-electron chi connectivity index (χ3n) is 5.09. The molecular weight excluding hydrogens is 350 g/mol. The van der Waals surface area contributed by atoms with Crippen molar-refractivity contribution in [1.82, 2.24) is 0 Å². The van der Waals surface area contributed by atoms with Gasteiger partial charge in [-0.2, -0.15) is 0 Å². The molecule has 2 N–H and O–H groups in total. The molecule has 0 unspecified atom stereocenters. The van der Waals surface area contributed by atoms with Gasteiger partial charge in [0.2, 0.25) is 5.43 Å². The van der Waals surface area contributed by atoms with E-state index in [1.165, 1.54) is 30.4 Å². The summed E-state index contributed by atoms with van der Waals surface area (Å²) in [6, 6.07) is 12.8. The van der Waals surface area contributed by atoms with Gasteiger partial charge in [-0.3, -0.25) is 4.79 Å². The summed E-state index contributed by atoms with van der Waals surface area (Å²) >= 11 is 0. The van der Waals surface area contributed by atoms with E-state index in [0.29, 0.717) is 23.1 Å². The first-order chi connectivity index (χ1) is 12.2. The SMILES string of the molecule is O=c1c(-c2ccccc2)coc2c(C[NH+]3CCCCC3)c(O)ccc12.[Cl-]. The lowest BCUT2D eigenvalue weighted by Crippen LogP contribution is -3.11. The van der Waals surface area contributed by atoms with Crippen LogP contribution in [0.2, 0.25) is 0 Å². The highest BCUT2D eigenvalue weighted by molar-refractivity contribution is 5.85. The van der Waals surface area contributed by atoms with Crippen molar-refractivity contribution in [2.24, 2.45) is 0 Å². The molecule has 1 aromatic heterocycles. The van der Waals surface area contributed by atoms with Gasteiger partial charge in [0.05, 0.1) is 29.6 Å². The second-order valence-corrected chi connectivity index (χ2v) is 6.77. The van der Waals surface area contributed by atoms with Crippen LogP contribution in [0.3, 0.4) is 0 Å². The van der Waals surface area contributed by atoms with Crippen molar-refractivity contribution < 1.29 is 26.8 Å². The molecule has 1 fully saturated rings. The maximum atomic E-state index is 12.9. The van der Waals surface area contributed by atoms with Gasteiger partial charge in [0.15, 0.2) is 0 Å².